The van der Waals surface area contributed by atoms with Gasteiger partial charge in [0.25, 0.3) is 0 Å². The third kappa shape index (κ3) is 5.58. The Morgan fingerprint density at radius 3 is 2.81 bits per heavy atom. The fraction of sp³-hybridized carbons (Fsp3) is 0.250. The fourth-order valence-electron chi connectivity index (χ4n) is 3.46. The molecule has 0 unspecified atom stereocenters. The number of pyridine rings is 1. The number of rotatable bonds is 7. The number of anilines is 1. The Morgan fingerprint density at radius 1 is 1.23 bits per heavy atom. The van der Waals surface area contributed by atoms with E-state index < -0.39 is 0 Å². The van der Waals surface area contributed by atoms with Gasteiger partial charge in [0.15, 0.2) is 0 Å². The Kier molecular flexibility index (Phi) is 7.09. The van der Waals surface area contributed by atoms with Crippen LogP contribution < -0.4 is 10.1 Å². The predicted molar refractivity (Wildman–Crippen MR) is 124 cm³/mol. The summed E-state index contributed by atoms with van der Waals surface area (Å²) in [6.45, 7) is 4.39. The first-order valence-corrected chi connectivity index (χ1v) is 11.0. The van der Waals surface area contributed by atoms with Crippen molar-refractivity contribution in [2.75, 3.05) is 38.7 Å². The maximum absolute atomic E-state index is 12.4. The number of hydrogen-bond acceptors (Lipinski definition) is 6. The molecule has 1 fully saturated rings. The van der Waals surface area contributed by atoms with E-state index in [9.17, 15) is 4.79 Å². The zero-order chi connectivity index (χ0) is 21.5. The molecule has 0 atom stereocenters. The standard InChI is InChI=1S/C24H25N3O3S/c1-29-22-9-15-31-24(22)21-8-10-25-16-19(21)4-7-23(28)26-20-5-2-18(3-6-20)17-27-11-13-30-14-12-27/h2-10,15-16H,11-14,17H2,1H3,(H,26,28)/b7-4+. The second-order valence-corrected chi connectivity index (χ2v) is 8.11. The van der Waals surface area contributed by atoms with E-state index in [1.807, 2.05) is 29.6 Å². The minimum Gasteiger partial charge on any atom is -0.495 e. The number of ether oxygens (including phenoxy) is 2. The first-order valence-electron chi connectivity index (χ1n) is 10.2. The smallest absolute Gasteiger partial charge is 0.248 e. The number of hydrogen-bond donors (Lipinski definition) is 1. The van der Waals surface area contributed by atoms with Crippen molar-refractivity contribution < 1.29 is 14.3 Å². The van der Waals surface area contributed by atoms with Crippen LogP contribution in [0.15, 0.2) is 60.2 Å². The molecule has 0 aliphatic carbocycles. The number of carbonyl (C=O) groups is 1. The quantitative estimate of drug-likeness (QED) is 0.561. The second kappa shape index (κ2) is 10.3. The van der Waals surface area contributed by atoms with E-state index in [-0.39, 0.29) is 5.91 Å². The number of methoxy groups -OCH3 is 1. The monoisotopic (exact) mass is 435 g/mol. The molecule has 1 N–H and O–H groups in total. The lowest BCUT2D eigenvalue weighted by Crippen LogP contribution is -2.35. The lowest BCUT2D eigenvalue weighted by atomic mass is 10.1. The summed E-state index contributed by atoms with van der Waals surface area (Å²) >= 11 is 1.59. The van der Waals surface area contributed by atoms with Gasteiger partial charge >= 0.3 is 0 Å². The molecule has 1 aliphatic rings. The van der Waals surface area contributed by atoms with Crippen LogP contribution in [0.1, 0.15) is 11.1 Å². The van der Waals surface area contributed by atoms with Crippen molar-refractivity contribution >= 4 is 29.0 Å². The largest absolute Gasteiger partial charge is 0.495 e. The maximum Gasteiger partial charge on any atom is 0.248 e. The molecule has 4 rings (SSSR count). The van der Waals surface area contributed by atoms with Gasteiger partial charge in [-0.05, 0) is 41.3 Å². The summed E-state index contributed by atoms with van der Waals surface area (Å²) in [7, 11) is 1.65. The SMILES string of the molecule is COc1ccsc1-c1ccncc1/C=C/C(=O)Nc1ccc(CN2CCOCC2)cc1. The first-order chi connectivity index (χ1) is 15.2. The summed E-state index contributed by atoms with van der Waals surface area (Å²) in [5.74, 6) is 0.626. The summed E-state index contributed by atoms with van der Waals surface area (Å²) < 4.78 is 10.8. The second-order valence-electron chi connectivity index (χ2n) is 7.19. The van der Waals surface area contributed by atoms with Gasteiger partial charge < -0.3 is 14.8 Å². The van der Waals surface area contributed by atoms with E-state index in [4.69, 9.17) is 9.47 Å². The van der Waals surface area contributed by atoms with Gasteiger partial charge in [0.05, 0.1) is 25.2 Å². The average Bonchev–Trinajstić information content (AvgIpc) is 3.29. The lowest BCUT2D eigenvalue weighted by Gasteiger charge is -2.26. The highest BCUT2D eigenvalue weighted by atomic mass is 32.1. The van der Waals surface area contributed by atoms with Crippen LogP contribution in [0.5, 0.6) is 5.75 Å². The van der Waals surface area contributed by atoms with Gasteiger partial charge in [-0.1, -0.05) is 12.1 Å². The number of nitrogens with zero attached hydrogens (tertiary/aromatic N) is 2. The van der Waals surface area contributed by atoms with Crippen LogP contribution in [0.3, 0.4) is 0 Å². The topological polar surface area (TPSA) is 63.7 Å². The molecule has 6 nitrogen and oxygen atoms in total. The third-order valence-corrected chi connectivity index (χ3v) is 6.02. The van der Waals surface area contributed by atoms with E-state index in [1.54, 1.807) is 36.9 Å². The van der Waals surface area contributed by atoms with Crippen LogP contribution in [0.2, 0.25) is 0 Å². The summed E-state index contributed by atoms with van der Waals surface area (Å²) in [5, 5.41) is 4.90. The highest BCUT2D eigenvalue weighted by Crippen LogP contribution is 2.37. The van der Waals surface area contributed by atoms with Crippen LogP contribution in [0, 0.1) is 0 Å². The van der Waals surface area contributed by atoms with E-state index in [0.29, 0.717) is 0 Å². The van der Waals surface area contributed by atoms with Crippen LogP contribution in [-0.4, -0.2) is 49.2 Å². The molecule has 0 bridgehead atoms. The van der Waals surface area contributed by atoms with Crippen LogP contribution in [0.4, 0.5) is 5.69 Å². The molecule has 31 heavy (non-hydrogen) atoms. The summed E-state index contributed by atoms with van der Waals surface area (Å²) in [4.78, 5) is 20.0. The minimum absolute atomic E-state index is 0.186. The molecular formula is C24H25N3O3S. The Bertz CT molecular complexity index is 1040. The molecule has 3 heterocycles. The van der Waals surface area contributed by atoms with E-state index in [1.165, 1.54) is 11.6 Å². The van der Waals surface area contributed by atoms with Gasteiger partial charge in [0.2, 0.25) is 5.91 Å². The summed E-state index contributed by atoms with van der Waals surface area (Å²) in [5.41, 5.74) is 3.84. The lowest BCUT2D eigenvalue weighted by molar-refractivity contribution is -0.111. The molecule has 1 amide bonds. The van der Waals surface area contributed by atoms with Crippen molar-refractivity contribution in [3.63, 3.8) is 0 Å². The highest BCUT2D eigenvalue weighted by Gasteiger charge is 2.12. The molecule has 1 aliphatic heterocycles. The molecule has 7 heteroatoms. The Hall–Kier alpha value is -3.00. The average molecular weight is 436 g/mol. The molecular weight excluding hydrogens is 410 g/mol. The molecule has 0 saturated carbocycles. The van der Waals surface area contributed by atoms with Gasteiger partial charge in [0.1, 0.15) is 5.75 Å². The van der Waals surface area contributed by atoms with Crippen LogP contribution in [-0.2, 0) is 16.1 Å². The highest BCUT2D eigenvalue weighted by molar-refractivity contribution is 7.14. The van der Waals surface area contributed by atoms with Crippen LogP contribution in [0.25, 0.3) is 16.5 Å². The number of amides is 1. The summed E-state index contributed by atoms with van der Waals surface area (Å²) in [6.07, 6.45) is 6.80. The number of morpholine rings is 1. The fourth-order valence-corrected chi connectivity index (χ4v) is 4.37. The first kappa shape index (κ1) is 21.2. The number of aromatic nitrogens is 1. The van der Waals surface area contributed by atoms with Crippen molar-refractivity contribution in [2.24, 2.45) is 0 Å². The molecule has 0 radical (unpaired) electrons. The van der Waals surface area contributed by atoms with E-state index in [0.717, 1.165) is 60.3 Å². The van der Waals surface area contributed by atoms with Gasteiger partial charge in [0, 0.05) is 54.9 Å². The van der Waals surface area contributed by atoms with Crippen molar-refractivity contribution in [3.05, 3.63) is 71.4 Å². The van der Waals surface area contributed by atoms with Crippen molar-refractivity contribution in [2.45, 2.75) is 6.54 Å². The van der Waals surface area contributed by atoms with Gasteiger partial charge in [-0.3, -0.25) is 14.7 Å². The zero-order valence-electron chi connectivity index (χ0n) is 17.4. The Morgan fingerprint density at radius 2 is 2.03 bits per heavy atom. The van der Waals surface area contributed by atoms with Crippen LogP contribution >= 0.6 is 11.3 Å². The third-order valence-electron chi connectivity index (χ3n) is 5.09. The summed E-state index contributed by atoms with van der Waals surface area (Å²) in [6, 6.07) is 11.8. The van der Waals surface area contributed by atoms with Crippen molar-refractivity contribution in [1.82, 2.24) is 9.88 Å². The molecule has 3 aromatic rings. The Balaban J connectivity index is 1.39. The van der Waals surface area contributed by atoms with Crippen molar-refractivity contribution in [3.8, 4) is 16.2 Å². The minimum atomic E-state index is -0.186. The van der Waals surface area contributed by atoms with Gasteiger partial charge in [-0.2, -0.15) is 0 Å². The molecule has 0 spiro atoms. The number of benzene rings is 1. The van der Waals surface area contributed by atoms with Crippen molar-refractivity contribution in [1.29, 1.82) is 0 Å². The normalized spacial score (nSPS) is 14.6. The van der Waals surface area contributed by atoms with Gasteiger partial charge in [-0.25, -0.2) is 0 Å². The van der Waals surface area contributed by atoms with E-state index >= 15 is 0 Å². The van der Waals surface area contributed by atoms with E-state index in [2.05, 4.69) is 27.3 Å². The molecule has 2 aromatic heterocycles. The zero-order valence-corrected chi connectivity index (χ0v) is 18.2. The molecule has 1 aromatic carbocycles. The number of carbonyl (C=O) groups excluding carboxylic acids is 1. The molecule has 1 saturated heterocycles. The number of thiophene rings is 1. The number of nitrogens with one attached hydrogen (secondary N) is 1. The maximum atomic E-state index is 12.4. The molecule has 160 valence electrons. The predicted octanol–water partition coefficient (Wildman–Crippen LogP) is 4.30. The Labute approximate surface area is 186 Å². The van der Waals surface area contributed by atoms with Gasteiger partial charge in [-0.15, -0.1) is 11.3 Å².